The van der Waals surface area contributed by atoms with Gasteiger partial charge < -0.3 is 4.90 Å². The van der Waals surface area contributed by atoms with Gasteiger partial charge in [0.2, 0.25) is 5.91 Å². The summed E-state index contributed by atoms with van der Waals surface area (Å²) in [6.45, 7) is 8.01. The van der Waals surface area contributed by atoms with Gasteiger partial charge in [-0.3, -0.25) is 9.48 Å². The van der Waals surface area contributed by atoms with Gasteiger partial charge in [0.25, 0.3) is 0 Å². The van der Waals surface area contributed by atoms with Crippen molar-refractivity contribution in [2.75, 3.05) is 13.1 Å². The minimum absolute atomic E-state index is 0.0631. The third kappa shape index (κ3) is 3.63. The van der Waals surface area contributed by atoms with Crippen molar-refractivity contribution < 1.29 is 4.79 Å². The zero-order valence-electron chi connectivity index (χ0n) is 11.9. The van der Waals surface area contributed by atoms with Crippen LogP contribution in [0.5, 0.6) is 0 Å². The van der Waals surface area contributed by atoms with Crippen molar-refractivity contribution in [3.63, 3.8) is 0 Å². The van der Waals surface area contributed by atoms with Crippen LogP contribution in [0.3, 0.4) is 0 Å². The predicted octanol–water partition coefficient (Wildman–Crippen LogP) is 1.55. The third-order valence-corrected chi connectivity index (χ3v) is 2.81. The summed E-state index contributed by atoms with van der Waals surface area (Å²) >= 11 is 0. The molecule has 0 saturated heterocycles. The molecule has 19 heavy (non-hydrogen) atoms. The molecule has 4 heteroatoms. The number of carbonyl (C=O) groups excluding carboxylic acids is 1. The van der Waals surface area contributed by atoms with E-state index in [0.29, 0.717) is 6.54 Å². The first-order chi connectivity index (χ1) is 9.01. The molecule has 0 fully saturated rings. The van der Waals surface area contributed by atoms with Crippen molar-refractivity contribution >= 4 is 5.91 Å². The number of rotatable bonds is 4. The maximum Gasteiger partial charge on any atom is 0.248 e. The van der Waals surface area contributed by atoms with Gasteiger partial charge in [0, 0.05) is 5.69 Å². The average Bonchev–Trinajstić information content (AvgIpc) is 2.72. The predicted molar refractivity (Wildman–Crippen MR) is 75.3 cm³/mol. The molecule has 1 aromatic rings. The van der Waals surface area contributed by atoms with Crippen LogP contribution in [-0.2, 0) is 4.79 Å². The van der Waals surface area contributed by atoms with Crippen molar-refractivity contribution in [1.29, 1.82) is 0 Å². The molecule has 100 valence electrons. The van der Waals surface area contributed by atoms with E-state index in [4.69, 9.17) is 6.42 Å². The smallest absolute Gasteiger partial charge is 0.248 e. The van der Waals surface area contributed by atoms with E-state index in [9.17, 15) is 4.79 Å². The third-order valence-electron chi connectivity index (χ3n) is 2.81. The molecule has 1 amide bonds. The summed E-state index contributed by atoms with van der Waals surface area (Å²) < 4.78 is 1.72. The van der Waals surface area contributed by atoms with Crippen molar-refractivity contribution in [1.82, 2.24) is 14.7 Å². The van der Waals surface area contributed by atoms with Crippen LogP contribution in [-0.4, -0.2) is 33.7 Å². The molecule has 1 heterocycles. The molecule has 4 nitrogen and oxygen atoms in total. The summed E-state index contributed by atoms with van der Waals surface area (Å²) in [6, 6.07) is 1.57. The molecule has 1 atom stereocenters. The van der Waals surface area contributed by atoms with E-state index in [0.717, 1.165) is 11.4 Å². The van der Waals surface area contributed by atoms with Crippen LogP contribution in [0.25, 0.3) is 0 Å². The molecule has 0 aliphatic carbocycles. The lowest BCUT2D eigenvalue weighted by Gasteiger charge is -2.22. The lowest BCUT2D eigenvalue weighted by Crippen LogP contribution is -2.37. The fourth-order valence-electron chi connectivity index (χ4n) is 1.90. The molecule has 1 rings (SSSR count). The van der Waals surface area contributed by atoms with Crippen LogP contribution in [0.2, 0.25) is 0 Å². The number of amides is 1. The summed E-state index contributed by atoms with van der Waals surface area (Å²) in [6.07, 6.45) is 5.30. The number of hydrogen-bond acceptors (Lipinski definition) is 2. The Morgan fingerprint density at radius 2 is 2.21 bits per heavy atom. The highest BCUT2D eigenvalue weighted by atomic mass is 16.2. The monoisotopic (exact) mass is 257 g/mol. The number of aryl methyl sites for hydroxylation is 2. The Kier molecular flexibility index (Phi) is 5.21. The maximum absolute atomic E-state index is 12.4. The van der Waals surface area contributed by atoms with Crippen LogP contribution in [0.15, 0.2) is 6.07 Å². The highest BCUT2D eigenvalue weighted by Crippen LogP contribution is 2.13. The SMILES string of the molecule is C#CCN(CC#CC)C(=O)[C@H](C)n1nc(C)cc1C. The van der Waals surface area contributed by atoms with Gasteiger partial charge >= 0.3 is 0 Å². The molecule has 0 N–H and O–H groups in total. The van der Waals surface area contributed by atoms with Crippen molar-refractivity contribution in [2.24, 2.45) is 0 Å². The quantitative estimate of drug-likeness (QED) is 0.768. The largest absolute Gasteiger partial charge is 0.319 e. The minimum atomic E-state index is -0.374. The normalized spacial score (nSPS) is 11.1. The number of aromatic nitrogens is 2. The van der Waals surface area contributed by atoms with Gasteiger partial charge in [-0.05, 0) is 33.8 Å². The number of hydrogen-bond donors (Lipinski definition) is 0. The molecule has 1 aromatic heterocycles. The van der Waals surface area contributed by atoms with E-state index in [2.05, 4.69) is 22.9 Å². The van der Waals surface area contributed by atoms with Crippen LogP contribution < -0.4 is 0 Å². The van der Waals surface area contributed by atoms with Crippen LogP contribution in [0, 0.1) is 38.0 Å². The molecule has 0 unspecified atom stereocenters. The standard InChI is InChI=1S/C15H19N3O/c1-6-8-10-17(9-7-2)15(19)14(5)18-13(4)11-12(3)16-18/h2,11,14H,9-10H2,1,3-5H3/t14-/m0/s1. The zero-order chi connectivity index (χ0) is 14.4. The van der Waals surface area contributed by atoms with Crippen LogP contribution >= 0.6 is 0 Å². The van der Waals surface area contributed by atoms with Crippen LogP contribution in [0.1, 0.15) is 31.3 Å². The fraction of sp³-hybridized carbons (Fsp3) is 0.467. The molecule has 0 bridgehead atoms. The Morgan fingerprint density at radius 1 is 1.53 bits per heavy atom. The Morgan fingerprint density at radius 3 is 2.68 bits per heavy atom. The average molecular weight is 257 g/mol. The van der Waals surface area contributed by atoms with Gasteiger partial charge in [-0.1, -0.05) is 11.8 Å². The zero-order valence-corrected chi connectivity index (χ0v) is 11.9. The molecule has 0 aliphatic rings. The summed E-state index contributed by atoms with van der Waals surface area (Å²) in [5, 5.41) is 4.34. The molecule has 0 aromatic carbocycles. The van der Waals surface area contributed by atoms with Gasteiger partial charge in [-0.15, -0.1) is 12.3 Å². The Labute approximate surface area is 114 Å². The lowest BCUT2D eigenvalue weighted by atomic mass is 10.2. The molecular weight excluding hydrogens is 238 g/mol. The topological polar surface area (TPSA) is 38.1 Å². The van der Waals surface area contributed by atoms with Gasteiger partial charge in [0.1, 0.15) is 6.04 Å². The van der Waals surface area contributed by atoms with E-state index in [1.807, 2.05) is 26.8 Å². The summed E-state index contributed by atoms with van der Waals surface area (Å²) in [5.74, 6) is 8.07. The first kappa shape index (κ1) is 14.9. The highest BCUT2D eigenvalue weighted by Gasteiger charge is 2.22. The fourth-order valence-corrected chi connectivity index (χ4v) is 1.90. The Hall–Kier alpha value is -2.20. The number of carbonyl (C=O) groups is 1. The molecule has 0 spiro atoms. The highest BCUT2D eigenvalue weighted by molar-refractivity contribution is 5.80. The Bertz CT molecular complexity index is 554. The molecular formula is C15H19N3O. The number of nitrogens with zero attached hydrogens (tertiary/aromatic N) is 3. The van der Waals surface area contributed by atoms with E-state index in [1.165, 1.54) is 0 Å². The Balaban J connectivity index is 2.92. The number of terminal acetylenes is 1. The van der Waals surface area contributed by atoms with E-state index < -0.39 is 0 Å². The maximum atomic E-state index is 12.4. The summed E-state index contributed by atoms with van der Waals surface area (Å²) in [7, 11) is 0. The minimum Gasteiger partial charge on any atom is -0.319 e. The van der Waals surface area contributed by atoms with Gasteiger partial charge in [0.15, 0.2) is 0 Å². The van der Waals surface area contributed by atoms with Crippen molar-refractivity contribution in [3.8, 4) is 24.2 Å². The second-order valence-corrected chi connectivity index (χ2v) is 4.37. The second kappa shape index (κ2) is 6.66. The first-order valence-electron chi connectivity index (χ1n) is 6.15. The van der Waals surface area contributed by atoms with Crippen LogP contribution in [0.4, 0.5) is 0 Å². The van der Waals surface area contributed by atoms with Crippen molar-refractivity contribution in [3.05, 3.63) is 17.5 Å². The van der Waals surface area contributed by atoms with E-state index in [-0.39, 0.29) is 18.5 Å². The van der Waals surface area contributed by atoms with Crippen molar-refractivity contribution in [2.45, 2.75) is 33.7 Å². The molecule has 0 aliphatic heterocycles. The summed E-state index contributed by atoms with van der Waals surface area (Å²) in [4.78, 5) is 14.0. The summed E-state index contributed by atoms with van der Waals surface area (Å²) in [5.41, 5.74) is 1.86. The van der Waals surface area contributed by atoms with Gasteiger partial charge in [-0.2, -0.15) is 5.10 Å². The lowest BCUT2D eigenvalue weighted by molar-refractivity contribution is -0.133. The van der Waals surface area contributed by atoms with E-state index in [1.54, 1.807) is 16.5 Å². The molecule has 0 radical (unpaired) electrons. The van der Waals surface area contributed by atoms with Gasteiger partial charge in [0.05, 0.1) is 18.8 Å². The first-order valence-corrected chi connectivity index (χ1v) is 6.15. The molecule has 0 saturated carbocycles. The second-order valence-electron chi connectivity index (χ2n) is 4.37. The van der Waals surface area contributed by atoms with E-state index >= 15 is 0 Å². The van der Waals surface area contributed by atoms with Gasteiger partial charge in [-0.25, -0.2) is 0 Å².